The monoisotopic (exact) mass is 385 g/mol. The Kier molecular flexibility index (Phi) is 5.65. The lowest BCUT2D eigenvalue weighted by atomic mass is 10.0. The van der Waals surface area contributed by atoms with Crippen LogP contribution in [0.1, 0.15) is 31.8 Å². The summed E-state index contributed by atoms with van der Waals surface area (Å²) in [5.41, 5.74) is 2.58. The first-order chi connectivity index (χ1) is 13.4. The number of fused-ring (bicyclic) bond motifs is 1. The Morgan fingerprint density at radius 3 is 2.43 bits per heavy atom. The number of carbonyl (C=O) groups excluding carboxylic acids is 2. The molecular formula is C19H20FN5O3. The smallest absolute Gasteiger partial charge is 0.251 e. The summed E-state index contributed by atoms with van der Waals surface area (Å²) >= 11 is 0. The molecule has 1 unspecified atom stereocenters. The van der Waals surface area contributed by atoms with Gasteiger partial charge in [-0.15, -0.1) is 0 Å². The Morgan fingerprint density at radius 2 is 1.75 bits per heavy atom. The molecular weight excluding hydrogens is 365 g/mol. The molecule has 4 N–H and O–H groups in total. The largest absolute Gasteiger partial charge is 0.389 e. The highest BCUT2D eigenvalue weighted by atomic mass is 19.1. The third-order valence-corrected chi connectivity index (χ3v) is 4.34. The van der Waals surface area contributed by atoms with Crippen LogP contribution in [0.4, 0.5) is 4.39 Å². The van der Waals surface area contributed by atoms with Crippen LogP contribution >= 0.6 is 0 Å². The van der Waals surface area contributed by atoms with Crippen LogP contribution in [0.2, 0.25) is 0 Å². The van der Waals surface area contributed by atoms with Gasteiger partial charge in [-0.1, -0.05) is 18.2 Å². The molecule has 28 heavy (non-hydrogen) atoms. The minimum atomic E-state index is -1.00. The van der Waals surface area contributed by atoms with E-state index in [0.29, 0.717) is 5.56 Å². The molecule has 1 aromatic heterocycles. The quantitative estimate of drug-likeness (QED) is 0.509. The first kappa shape index (κ1) is 19.4. The van der Waals surface area contributed by atoms with E-state index in [1.807, 2.05) is 32.0 Å². The van der Waals surface area contributed by atoms with Crippen molar-refractivity contribution >= 4 is 22.8 Å². The van der Waals surface area contributed by atoms with Crippen molar-refractivity contribution in [1.29, 1.82) is 0 Å². The number of nitrogens with one attached hydrogen (secondary N) is 3. The summed E-state index contributed by atoms with van der Waals surface area (Å²) in [5, 5.41) is 24.9. The van der Waals surface area contributed by atoms with Crippen LogP contribution < -0.4 is 10.6 Å². The molecule has 146 valence electrons. The van der Waals surface area contributed by atoms with Crippen molar-refractivity contribution in [2.45, 2.75) is 20.0 Å². The number of aryl methyl sites for hydroxylation is 2. The topological polar surface area (TPSA) is 120 Å². The van der Waals surface area contributed by atoms with Gasteiger partial charge in [0.2, 0.25) is 0 Å². The molecule has 0 aliphatic carbocycles. The summed E-state index contributed by atoms with van der Waals surface area (Å²) in [7, 11) is 0. The van der Waals surface area contributed by atoms with Crippen molar-refractivity contribution in [3.05, 3.63) is 58.4 Å². The van der Waals surface area contributed by atoms with Crippen LogP contribution in [0.3, 0.4) is 0 Å². The van der Waals surface area contributed by atoms with E-state index >= 15 is 0 Å². The van der Waals surface area contributed by atoms with Gasteiger partial charge in [0.15, 0.2) is 5.82 Å². The standard InChI is InChI=1S/C19H20FN5O3/c1-10-4-3-5-11(2)16(10)19(28)22-9-13(26)8-21-18(27)12-6-14(20)17-15(7-12)23-25-24-17/h3-7,13,26H,8-9H2,1-2H3,(H,21,27)(H,22,28)(H,23,24,25). The van der Waals surface area contributed by atoms with Crippen molar-refractivity contribution < 1.29 is 19.1 Å². The summed E-state index contributed by atoms with van der Waals surface area (Å²) in [6, 6.07) is 7.99. The number of nitrogens with zero attached hydrogens (tertiary/aromatic N) is 2. The molecule has 0 bridgehead atoms. The number of halogens is 1. The summed E-state index contributed by atoms with van der Waals surface area (Å²) in [5.74, 6) is -1.53. The average Bonchev–Trinajstić information content (AvgIpc) is 3.13. The maximum Gasteiger partial charge on any atom is 0.251 e. The molecule has 0 saturated carbocycles. The summed E-state index contributed by atoms with van der Waals surface area (Å²) in [4.78, 5) is 24.5. The van der Waals surface area contributed by atoms with Gasteiger partial charge in [0.25, 0.3) is 11.8 Å². The molecule has 0 radical (unpaired) electrons. The number of aliphatic hydroxyl groups is 1. The number of rotatable bonds is 6. The highest BCUT2D eigenvalue weighted by Crippen LogP contribution is 2.15. The zero-order valence-corrected chi connectivity index (χ0v) is 15.4. The van der Waals surface area contributed by atoms with E-state index in [-0.39, 0.29) is 35.6 Å². The minimum Gasteiger partial charge on any atom is -0.389 e. The number of hydrogen-bond donors (Lipinski definition) is 4. The molecule has 0 aliphatic rings. The molecule has 2 amide bonds. The van der Waals surface area contributed by atoms with Crippen molar-refractivity contribution in [3.8, 4) is 0 Å². The van der Waals surface area contributed by atoms with Gasteiger partial charge in [0.1, 0.15) is 11.0 Å². The lowest BCUT2D eigenvalue weighted by molar-refractivity contribution is 0.0884. The second-order valence-electron chi connectivity index (χ2n) is 6.49. The number of carbonyl (C=O) groups is 2. The van der Waals surface area contributed by atoms with Crippen LogP contribution in [-0.2, 0) is 0 Å². The highest BCUT2D eigenvalue weighted by molar-refractivity contribution is 5.98. The molecule has 1 heterocycles. The number of H-pyrrole nitrogens is 1. The molecule has 3 aromatic rings. The Morgan fingerprint density at radius 1 is 1.11 bits per heavy atom. The number of benzene rings is 2. The maximum absolute atomic E-state index is 13.9. The van der Waals surface area contributed by atoms with Gasteiger partial charge in [0, 0.05) is 24.2 Å². The van der Waals surface area contributed by atoms with Crippen molar-refractivity contribution in [3.63, 3.8) is 0 Å². The van der Waals surface area contributed by atoms with Gasteiger partial charge < -0.3 is 15.7 Å². The van der Waals surface area contributed by atoms with Gasteiger partial charge in [0.05, 0.1) is 6.10 Å². The van der Waals surface area contributed by atoms with Gasteiger partial charge in [-0.05, 0) is 37.1 Å². The van der Waals surface area contributed by atoms with E-state index < -0.39 is 17.8 Å². The minimum absolute atomic E-state index is 0.0381. The number of aliphatic hydroxyl groups excluding tert-OH is 1. The number of aromatic amines is 1. The van der Waals surface area contributed by atoms with Crippen LogP contribution in [0, 0.1) is 19.7 Å². The Bertz CT molecular complexity index is 1010. The van der Waals surface area contributed by atoms with E-state index in [9.17, 15) is 19.1 Å². The predicted molar refractivity (Wildman–Crippen MR) is 100 cm³/mol. The molecule has 2 aromatic carbocycles. The molecule has 0 spiro atoms. The van der Waals surface area contributed by atoms with E-state index in [1.54, 1.807) is 0 Å². The lowest BCUT2D eigenvalue weighted by Crippen LogP contribution is -2.40. The van der Waals surface area contributed by atoms with Crippen LogP contribution in [0.15, 0.2) is 30.3 Å². The van der Waals surface area contributed by atoms with Gasteiger partial charge >= 0.3 is 0 Å². The van der Waals surface area contributed by atoms with E-state index in [1.165, 1.54) is 6.07 Å². The summed E-state index contributed by atoms with van der Waals surface area (Å²) < 4.78 is 13.9. The second kappa shape index (κ2) is 8.13. The van der Waals surface area contributed by atoms with Crippen molar-refractivity contribution in [2.75, 3.05) is 13.1 Å². The fraction of sp³-hybridized carbons (Fsp3) is 0.263. The van der Waals surface area contributed by atoms with Crippen LogP contribution in [0.25, 0.3) is 11.0 Å². The maximum atomic E-state index is 13.9. The van der Waals surface area contributed by atoms with Gasteiger partial charge in [-0.3, -0.25) is 9.59 Å². The third kappa shape index (κ3) is 4.15. The van der Waals surface area contributed by atoms with Crippen LogP contribution in [0.5, 0.6) is 0 Å². The average molecular weight is 385 g/mol. The van der Waals surface area contributed by atoms with Gasteiger partial charge in [-0.2, -0.15) is 15.4 Å². The fourth-order valence-electron chi connectivity index (χ4n) is 2.90. The summed E-state index contributed by atoms with van der Waals surface area (Å²) in [6.07, 6.45) is -1.00. The molecule has 0 aliphatic heterocycles. The summed E-state index contributed by atoms with van der Waals surface area (Å²) in [6.45, 7) is 3.53. The Balaban J connectivity index is 1.54. The SMILES string of the molecule is Cc1cccc(C)c1C(=O)NCC(O)CNC(=O)c1cc(F)c2n[nH]nc2c1. The van der Waals surface area contributed by atoms with E-state index in [2.05, 4.69) is 26.0 Å². The third-order valence-electron chi connectivity index (χ3n) is 4.34. The molecule has 8 nitrogen and oxygen atoms in total. The first-order valence-electron chi connectivity index (χ1n) is 8.67. The zero-order chi connectivity index (χ0) is 20.3. The second-order valence-corrected chi connectivity index (χ2v) is 6.49. The number of amides is 2. The fourth-order valence-corrected chi connectivity index (χ4v) is 2.90. The normalized spacial score (nSPS) is 12.0. The predicted octanol–water partition coefficient (Wildman–Crippen LogP) is 1.23. The highest BCUT2D eigenvalue weighted by Gasteiger charge is 2.16. The number of hydrogen-bond acceptors (Lipinski definition) is 5. The molecule has 0 fully saturated rings. The lowest BCUT2D eigenvalue weighted by Gasteiger charge is -2.15. The number of aromatic nitrogens is 3. The van der Waals surface area contributed by atoms with Crippen LogP contribution in [-0.4, -0.2) is 51.5 Å². The van der Waals surface area contributed by atoms with E-state index in [4.69, 9.17) is 0 Å². The Labute approximate surface area is 160 Å². The van der Waals surface area contributed by atoms with Gasteiger partial charge in [-0.25, -0.2) is 4.39 Å². The first-order valence-corrected chi connectivity index (χ1v) is 8.67. The molecule has 9 heteroatoms. The molecule has 0 saturated heterocycles. The van der Waals surface area contributed by atoms with E-state index in [0.717, 1.165) is 17.2 Å². The zero-order valence-electron chi connectivity index (χ0n) is 15.4. The molecule has 1 atom stereocenters. The Hall–Kier alpha value is -3.33. The molecule has 3 rings (SSSR count). The van der Waals surface area contributed by atoms with Crippen molar-refractivity contribution in [1.82, 2.24) is 26.0 Å². The van der Waals surface area contributed by atoms with Crippen molar-refractivity contribution in [2.24, 2.45) is 0 Å².